The molecule has 0 amide bonds. The number of aliphatic carboxylic acids is 1. The van der Waals surface area contributed by atoms with Gasteiger partial charge in [-0.05, 0) is 31.3 Å². The summed E-state index contributed by atoms with van der Waals surface area (Å²) < 4.78 is 29.2. The summed E-state index contributed by atoms with van der Waals surface area (Å²) in [6.07, 6.45) is 4.33. The van der Waals surface area contributed by atoms with Crippen molar-refractivity contribution >= 4 is 23.9 Å². The molecule has 206 valence electrons. The van der Waals surface area contributed by atoms with Crippen LogP contribution in [0.2, 0.25) is 0 Å². The van der Waals surface area contributed by atoms with Gasteiger partial charge in [0.2, 0.25) is 0 Å². The first kappa shape index (κ1) is 26.6. The van der Waals surface area contributed by atoms with Gasteiger partial charge in [-0.3, -0.25) is 0 Å². The number of allylic oxidation sites excluding steroid dienone is 2. The second-order valence-electron chi connectivity index (χ2n) is 10.9. The van der Waals surface area contributed by atoms with Crippen molar-refractivity contribution < 1.29 is 53.1 Å². The molecule has 2 aliphatic carbocycles. The van der Waals surface area contributed by atoms with Crippen LogP contribution in [0, 0.1) is 16.7 Å². The number of hydrogen-bond donors (Lipinski definition) is 2. The summed E-state index contributed by atoms with van der Waals surface area (Å²) in [5.41, 5.74) is -2.45. The van der Waals surface area contributed by atoms with Crippen molar-refractivity contribution in [3.63, 3.8) is 0 Å². The quantitative estimate of drug-likeness (QED) is 0.284. The van der Waals surface area contributed by atoms with Gasteiger partial charge in [0.05, 0.1) is 30.8 Å². The Bertz CT molecular complexity index is 1120. The summed E-state index contributed by atoms with van der Waals surface area (Å²) in [6, 6.07) is 0. The number of aliphatic hydroxyl groups is 1. The molecule has 5 rings (SSSR count). The van der Waals surface area contributed by atoms with Gasteiger partial charge in [-0.15, -0.1) is 0 Å². The number of aliphatic hydroxyl groups excluding tert-OH is 1. The Morgan fingerprint density at radius 2 is 1.76 bits per heavy atom. The maximum Gasteiger partial charge on any atom is 0.335 e. The van der Waals surface area contributed by atoms with Crippen LogP contribution in [0.5, 0.6) is 0 Å². The van der Waals surface area contributed by atoms with Crippen molar-refractivity contribution in [3.8, 4) is 0 Å². The predicted octanol–water partition coefficient (Wildman–Crippen LogP) is 1.24. The van der Waals surface area contributed by atoms with Crippen molar-refractivity contribution in [2.75, 3.05) is 19.8 Å². The summed E-state index contributed by atoms with van der Waals surface area (Å²) in [5, 5.41) is 20.3. The monoisotopic (exact) mass is 532 g/mol. The van der Waals surface area contributed by atoms with Crippen LogP contribution >= 0.6 is 0 Å². The molecular weight excluding hydrogens is 500 g/mol. The Balaban J connectivity index is 1.54. The maximum absolute atomic E-state index is 13.0. The first-order valence-electron chi connectivity index (χ1n) is 12.8. The third-order valence-corrected chi connectivity index (χ3v) is 9.19. The van der Waals surface area contributed by atoms with E-state index in [0.29, 0.717) is 13.0 Å². The van der Waals surface area contributed by atoms with Gasteiger partial charge in [-0.1, -0.05) is 26.0 Å². The van der Waals surface area contributed by atoms with Crippen LogP contribution in [0.3, 0.4) is 0 Å². The van der Waals surface area contributed by atoms with Gasteiger partial charge in [0.15, 0.2) is 6.10 Å². The van der Waals surface area contributed by atoms with E-state index in [1.807, 2.05) is 6.92 Å². The molecule has 3 heterocycles. The molecular formula is C27H32O11. The van der Waals surface area contributed by atoms with Gasteiger partial charge in [0, 0.05) is 29.6 Å². The van der Waals surface area contributed by atoms with Crippen LogP contribution in [0.15, 0.2) is 36.0 Å². The van der Waals surface area contributed by atoms with E-state index < -0.39 is 70.6 Å². The van der Waals surface area contributed by atoms with E-state index >= 15 is 0 Å². The Labute approximate surface area is 219 Å². The average Bonchev–Trinajstić information content (AvgIpc) is 3.66. The number of carbonyl (C=O) groups is 4. The summed E-state index contributed by atoms with van der Waals surface area (Å²) >= 11 is 0. The average molecular weight is 533 g/mol. The largest absolute Gasteiger partial charge is 0.478 e. The molecule has 11 nitrogen and oxygen atoms in total. The van der Waals surface area contributed by atoms with E-state index in [4.69, 9.17) is 23.7 Å². The lowest BCUT2D eigenvalue weighted by Gasteiger charge is -2.58. The van der Waals surface area contributed by atoms with E-state index in [1.54, 1.807) is 13.0 Å². The highest BCUT2D eigenvalue weighted by atomic mass is 16.6. The van der Waals surface area contributed by atoms with Crippen molar-refractivity contribution in [2.24, 2.45) is 16.7 Å². The standard InChI is InChI=1S/C27H32O11/c1-15-8-10-34-20(28)5-3-4-6-21(29)38-17-12-19-27(14-36-27)25(17,2)26(13-35-24(33)22(15)30)9-7-16(23(31)32)11-18(26)37-19/h3-6,11,15,17-19,22,30H,7-10,12-14H2,1-2H3,(H,31,32)/b5-3+,6-4-/t15-,17?,18-,19-,22+,25-,26-,27+/m1/s1. The van der Waals surface area contributed by atoms with Crippen LogP contribution < -0.4 is 0 Å². The second kappa shape index (κ2) is 9.62. The summed E-state index contributed by atoms with van der Waals surface area (Å²) in [4.78, 5) is 49.4. The second-order valence-corrected chi connectivity index (χ2v) is 10.9. The molecule has 38 heavy (non-hydrogen) atoms. The lowest BCUT2D eigenvalue weighted by Crippen LogP contribution is -2.67. The number of ether oxygens (including phenoxy) is 5. The number of cyclic esters (lactones) is 2. The zero-order valence-electron chi connectivity index (χ0n) is 21.3. The third-order valence-electron chi connectivity index (χ3n) is 9.19. The Morgan fingerprint density at radius 3 is 2.45 bits per heavy atom. The molecule has 2 spiro atoms. The molecule has 1 unspecified atom stereocenters. The van der Waals surface area contributed by atoms with Crippen molar-refractivity contribution in [1.82, 2.24) is 0 Å². The Kier molecular flexibility index (Phi) is 6.73. The fraction of sp³-hybridized carbons (Fsp3) is 0.630. The number of epoxide rings is 1. The van der Waals surface area contributed by atoms with E-state index in [-0.39, 0.29) is 38.0 Å². The lowest BCUT2D eigenvalue weighted by molar-refractivity contribution is -0.234. The van der Waals surface area contributed by atoms with Crippen LogP contribution in [0.25, 0.3) is 0 Å². The fourth-order valence-electron chi connectivity index (χ4n) is 6.69. The van der Waals surface area contributed by atoms with Crippen LogP contribution in [0.4, 0.5) is 0 Å². The molecule has 2 saturated heterocycles. The first-order valence-corrected chi connectivity index (χ1v) is 12.8. The third kappa shape index (κ3) is 4.07. The predicted molar refractivity (Wildman–Crippen MR) is 127 cm³/mol. The Hall–Kier alpha value is -3.02. The molecule has 1 saturated carbocycles. The fourth-order valence-corrected chi connectivity index (χ4v) is 6.69. The van der Waals surface area contributed by atoms with Crippen molar-refractivity contribution in [1.29, 1.82) is 0 Å². The normalized spacial score (nSPS) is 44.9. The molecule has 0 aromatic rings. The molecule has 2 N–H and O–H groups in total. The summed E-state index contributed by atoms with van der Waals surface area (Å²) in [5.74, 6) is -3.72. The molecule has 0 radical (unpaired) electrons. The number of carboxylic acids is 1. The van der Waals surface area contributed by atoms with Crippen LogP contribution in [-0.2, 0) is 42.9 Å². The highest BCUT2D eigenvalue weighted by molar-refractivity contribution is 5.87. The van der Waals surface area contributed by atoms with Gasteiger partial charge in [0.25, 0.3) is 0 Å². The highest BCUT2D eigenvalue weighted by Crippen LogP contribution is 2.72. The highest BCUT2D eigenvalue weighted by Gasteiger charge is 2.83. The van der Waals surface area contributed by atoms with E-state index in [2.05, 4.69) is 0 Å². The minimum absolute atomic E-state index is 0.0238. The minimum atomic E-state index is -1.47. The number of hydrogen-bond acceptors (Lipinski definition) is 10. The van der Waals surface area contributed by atoms with Gasteiger partial charge < -0.3 is 33.9 Å². The number of carboxylic acid groups (broad SMARTS) is 1. The minimum Gasteiger partial charge on any atom is -0.478 e. The molecule has 2 bridgehead atoms. The van der Waals surface area contributed by atoms with Crippen LogP contribution in [-0.4, -0.2) is 83.9 Å². The topological polar surface area (TPSA) is 158 Å². The number of esters is 3. The summed E-state index contributed by atoms with van der Waals surface area (Å²) in [7, 11) is 0. The molecule has 3 fully saturated rings. The zero-order valence-corrected chi connectivity index (χ0v) is 21.3. The molecule has 8 atom stereocenters. The van der Waals surface area contributed by atoms with E-state index in [9.17, 15) is 29.4 Å². The van der Waals surface area contributed by atoms with E-state index in [0.717, 1.165) is 6.08 Å². The maximum atomic E-state index is 13.0. The zero-order chi connectivity index (χ0) is 27.3. The number of rotatable bonds is 1. The van der Waals surface area contributed by atoms with Gasteiger partial charge in [-0.25, -0.2) is 19.2 Å². The molecule has 0 aromatic heterocycles. The van der Waals surface area contributed by atoms with Gasteiger partial charge in [0.1, 0.15) is 18.3 Å². The molecule has 3 aliphatic heterocycles. The van der Waals surface area contributed by atoms with Crippen LogP contribution in [0.1, 0.15) is 39.5 Å². The first-order chi connectivity index (χ1) is 18.0. The van der Waals surface area contributed by atoms with Gasteiger partial charge >= 0.3 is 23.9 Å². The smallest absolute Gasteiger partial charge is 0.335 e. The van der Waals surface area contributed by atoms with Crippen molar-refractivity contribution in [3.05, 3.63) is 36.0 Å². The molecule has 11 heteroatoms. The van der Waals surface area contributed by atoms with E-state index in [1.165, 1.54) is 18.2 Å². The van der Waals surface area contributed by atoms with Crippen molar-refractivity contribution in [2.45, 2.75) is 69.5 Å². The number of carbonyl (C=O) groups excluding carboxylic acids is 3. The summed E-state index contributed by atoms with van der Waals surface area (Å²) in [6.45, 7) is 3.72. The molecule has 0 aromatic carbocycles. The Morgan fingerprint density at radius 1 is 1.05 bits per heavy atom. The van der Waals surface area contributed by atoms with Gasteiger partial charge in [-0.2, -0.15) is 0 Å². The SMILES string of the molecule is C[C@@H]1CCOC(=O)/C=C/C=C\C(=O)OC2C[C@H]3O[C@@H]4C=C(C(=O)O)CC[C@]4(COC(=O)[C@H]1O)[C@]2(C)[C@]31CO1. The molecule has 5 aliphatic rings. The lowest BCUT2D eigenvalue weighted by atomic mass is 9.51.